The number of nitrogens with one attached hydrogen (secondary N) is 2. The topological polar surface area (TPSA) is 61.0 Å². The molecule has 2 N–H and O–H groups in total. The number of amides is 1. The number of anilines is 1. The van der Waals surface area contributed by atoms with E-state index in [9.17, 15) is 4.79 Å². The quantitative estimate of drug-likeness (QED) is 0.914. The molecule has 3 rings (SSSR count). The van der Waals surface area contributed by atoms with Crippen molar-refractivity contribution < 1.29 is 4.79 Å². The van der Waals surface area contributed by atoms with E-state index in [1.165, 1.54) is 19.3 Å². The van der Waals surface area contributed by atoms with E-state index in [0.717, 1.165) is 24.0 Å². The summed E-state index contributed by atoms with van der Waals surface area (Å²) in [5, 5.41) is 11.4. The van der Waals surface area contributed by atoms with Crippen LogP contribution < -0.4 is 5.32 Å². The second-order valence-corrected chi connectivity index (χ2v) is 5.58. The molecule has 1 amide bonds. The van der Waals surface area contributed by atoms with Crippen molar-refractivity contribution in [3.63, 3.8) is 0 Å². The van der Waals surface area contributed by atoms with Gasteiger partial charge in [0.1, 0.15) is 0 Å². The molecule has 0 radical (unpaired) electrons. The third-order valence-electron chi connectivity index (χ3n) is 3.60. The lowest BCUT2D eigenvalue weighted by atomic mass is 10.1. The van der Waals surface area contributed by atoms with Gasteiger partial charge in [0, 0.05) is 10.4 Å². The fraction of sp³-hybridized carbons (Fsp3) is 0.429. The predicted molar refractivity (Wildman–Crippen MR) is 80.0 cm³/mol. The van der Waals surface area contributed by atoms with E-state index in [4.69, 9.17) is 11.6 Å². The first-order chi connectivity index (χ1) is 9.72. The number of nitrogens with zero attached hydrogens (tertiary/aromatic N) is 2. The number of halogens is 1. The van der Waals surface area contributed by atoms with E-state index in [2.05, 4.69) is 20.4 Å². The summed E-state index contributed by atoms with van der Waals surface area (Å²) in [4.78, 5) is 14.2. The molecule has 0 atom stereocenters. The van der Waals surface area contributed by atoms with E-state index in [-0.39, 0.29) is 5.91 Å². The molecule has 0 aliphatic carbocycles. The van der Waals surface area contributed by atoms with Crippen LogP contribution in [-0.2, 0) is 4.79 Å². The first-order valence-corrected chi connectivity index (χ1v) is 7.26. The molecule has 1 aromatic heterocycles. The van der Waals surface area contributed by atoms with Gasteiger partial charge in [0.05, 0.1) is 12.1 Å². The minimum atomic E-state index is -0.0183. The Kier molecular flexibility index (Phi) is 3.89. The Morgan fingerprint density at radius 3 is 2.95 bits per heavy atom. The Balaban J connectivity index is 1.67. The van der Waals surface area contributed by atoms with Crippen molar-refractivity contribution in [1.29, 1.82) is 0 Å². The van der Waals surface area contributed by atoms with Crippen LogP contribution in [0.15, 0.2) is 18.2 Å². The Morgan fingerprint density at radius 2 is 2.15 bits per heavy atom. The maximum atomic E-state index is 12.1. The Morgan fingerprint density at radius 1 is 1.35 bits per heavy atom. The highest BCUT2D eigenvalue weighted by Crippen LogP contribution is 2.23. The summed E-state index contributed by atoms with van der Waals surface area (Å²) in [7, 11) is 0. The van der Waals surface area contributed by atoms with Gasteiger partial charge in [-0.25, -0.2) is 0 Å². The van der Waals surface area contributed by atoms with Crippen molar-refractivity contribution in [2.24, 2.45) is 0 Å². The van der Waals surface area contributed by atoms with Crippen LogP contribution in [0.5, 0.6) is 0 Å². The number of aromatic amines is 1. The molecule has 1 saturated heterocycles. The number of rotatable bonds is 3. The fourth-order valence-electron chi connectivity index (χ4n) is 2.58. The fourth-order valence-corrected chi connectivity index (χ4v) is 2.75. The summed E-state index contributed by atoms with van der Waals surface area (Å²) in [5.74, 6) is 0.550. The van der Waals surface area contributed by atoms with Crippen LogP contribution in [0.4, 0.5) is 5.82 Å². The SMILES string of the molecule is O=C(CN1CCCCC1)Nc1n[nH]c2cc(Cl)ccc12. The van der Waals surface area contributed by atoms with Gasteiger partial charge in [0.15, 0.2) is 5.82 Å². The molecule has 106 valence electrons. The molecule has 6 heteroatoms. The first kappa shape index (κ1) is 13.4. The average Bonchev–Trinajstić information content (AvgIpc) is 2.82. The molecule has 0 unspecified atom stereocenters. The molecular formula is C14H17ClN4O. The number of hydrogen-bond acceptors (Lipinski definition) is 3. The smallest absolute Gasteiger partial charge is 0.239 e. The standard InChI is InChI=1S/C14H17ClN4O/c15-10-4-5-11-12(8-10)17-18-14(11)16-13(20)9-19-6-2-1-3-7-19/h4-5,8H,1-3,6-7,9H2,(H2,16,17,18,20). The molecule has 2 heterocycles. The van der Waals surface area contributed by atoms with Gasteiger partial charge in [-0.05, 0) is 44.1 Å². The monoisotopic (exact) mass is 292 g/mol. The van der Waals surface area contributed by atoms with E-state index < -0.39 is 0 Å². The van der Waals surface area contributed by atoms with E-state index >= 15 is 0 Å². The zero-order valence-corrected chi connectivity index (χ0v) is 11.9. The molecule has 1 fully saturated rings. The highest BCUT2D eigenvalue weighted by atomic mass is 35.5. The summed E-state index contributed by atoms with van der Waals surface area (Å²) in [6, 6.07) is 5.45. The van der Waals surface area contributed by atoms with Crippen LogP contribution in [0, 0.1) is 0 Å². The van der Waals surface area contributed by atoms with Gasteiger partial charge in [-0.15, -0.1) is 0 Å². The summed E-state index contributed by atoms with van der Waals surface area (Å²) in [6.45, 7) is 2.44. The zero-order chi connectivity index (χ0) is 13.9. The largest absolute Gasteiger partial charge is 0.308 e. The first-order valence-electron chi connectivity index (χ1n) is 6.88. The molecule has 0 saturated carbocycles. The van der Waals surface area contributed by atoms with Crippen LogP contribution in [0.2, 0.25) is 5.02 Å². The third-order valence-corrected chi connectivity index (χ3v) is 3.83. The van der Waals surface area contributed by atoms with Gasteiger partial charge < -0.3 is 5.32 Å². The number of carbonyl (C=O) groups is 1. The van der Waals surface area contributed by atoms with Crippen molar-refractivity contribution in [1.82, 2.24) is 15.1 Å². The second-order valence-electron chi connectivity index (χ2n) is 5.15. The van der Waals surface area contributed by atoms with E-state index in [0.29, 0.717) is 17.4 Å². The number of piperidine rings is 1. The third kappa shape index (κ3) is 2.94. The van der Waals surface area contributed by atoms with Gasteiger partial charge in [-0.1, -0.05) is 18.0 Å². The highest BCUT2D eigenvalue weighted by Gasteiger charge is 2.15. The van der Waals surface area contributed by atoms with Crippen LogP contribution in [-0.4, -0.2) is 40.6 Å². The number of likely N-dealkylation sites (tertiary alicyclic amines) is 1. The summed E-state index contributed by atoms with van der Waals surface area (Å²) in [5.41, 5.74) is 0.825. The second kappa shape index (κ2) is 5.81. The Bertz CT molecular complexity index is 619. The number of H-pyrrole nitrogens is 1. The molecule has 1 aliphatic rings. The van der Waals surface area contributed by atoms with Crippen molar-refractivity contribution in [3.8, 4) is 0 Å². The van der Waals surface area contributed by atoms with Crippen LogP contribution in [0.1, 0.15) is 19.3 Å². The van der Waals surface area contributed by atoms with Crippen LogP contribution in [0.25, 0.3) is 10.9 Å². The van der Waals surface area contributed by atoms with Gasteiger partial charge in [-0.2, -0.15) is 5.10 Å². The lowest BCUT2D eigenvalue weighted by Crippen LogP contribution is -2.36. The van der Waals surface area contributed by atoms with Gasteiger partial charge >= 0.3 is 0 Å². The minimum Gasteiger partial charge on any atom is -0.308 e. The predicted octanol–water partition coefficient (Wildman–Crippen LogP) is 2.64. The molecule has 20 heavy (non-hydrogen) atoms. The lowest BCUT2D eigenvalue weighted by Gasteiger charge is -2.25. The van der Waals surface area contributed by atoms with Gasteiger partial charge in [0.25, 0.3) is 0 Å². The molecule has 5 nitrogen and oxygen atoms in total. The van der Waals surface area contributed by atoms with Crippen molar-refractivity contribution >= 4 is 34.2 Å². The van der Waals surface area contributed by atoms with Crippen molar-refractivity contribution in [2.45, 2.75) is 19.3 Å². The van der Waals surface area contributed by atoms with E-state index in [1.54, 1.807) is 12.1 Å². The Hall–Kier alpha value is -1.59. The van der Waals surface area contributed by atoms with E-state index in [1.807, 2.05) is 6.07 Å². The molecule has 1 aliphatic heterocycles. The lowest BCUT2D eigenvalue weighted by molar-refractivity contribution is -0.117. The maximum Gasteiger partial charge on any atom is 0.239 e. The van der Waals surface area contributed by atoms with Crippen molar-refractivity contribution in [2.75, 3.05) is 25.0 Å². The minimum absolute atomic E-state index is 0.0183. The average molecular weight is 293 g/mol. The maximum absolute atomic E-state index is 12.1. The van der Waals surface area contributed by atoms with Crippen LogP contribution >= 0.6 is 11.6 Å². The summed E-state index contributed by atoms with van der Waals surface area (Å²) >= 11 is 5.92. The number of fused-ring (bicyclic) bond motifs is 1. The zero-order valence-electron chi connectivity index (χ0n) is 11.2. The summed E-state index contributed by atoms with van der Waals surface area (Å²) in [6.07, 6.45) is 3.62. The summed E-state index contributed by atoms with van der Waals surface area (Å²) < 4.78 is 0. The molecule has 1 aromatic carbocycles. The number of aromatic nitrogens is 2. The van der Waals surface area contributed by atoms with Crippen molar-refractivity contribution in [3.05, 3.63) is 23.2 Å². The van der Waals surface area contributed by atoms with Gasteiger partial charge in [-0.3, -0.25) is 14.8 Å². The molecule has 0 bridgehead atoms. The Labute approximate surface area is 122 Å². The highest BCUT2D eigenvalue weighted by molar-refractivity contribution is 6.31. The molecular weight excluding hydrogens is 276 g/mol. The number of benzene rings is 1. The number of hydrogen-bond donors (Lipinski definition) is 2. The number of carbonyl (C=O) groups excluding carboxylic acids is 1. The molecule has 2 aromatic rings. The normalized spacial score (nSPS) is 16.4. The van der Waals surface area contributed by atoms with Gasteiger partial charge in [0.2, 0.25) is 5.91 Å². The van der Waals surface area contributed by atoms with Crippen LogP contribution in [0.3, 0.4) is 0 Å². The molecule has 0 spiro atoms.